The molecule has 0 N–H and O–H groups in total. The molecule has 2 aromatic heterocycles. The summed E-state index contributed by atoms with van der Waals surface area (Å²) in [5, 5.41) is 7.73. The van der Waals surface area contributed by atoms with Crippen LogP contribution in [0.3, 0.4) is 0 Å². The molecule has 8 heteroatoms. The summed E-state index contributed by atoms with van der Waals surface area (Å²) in [6, 6.07) is 10.7. The van der Waals surface area contributed by atoms with Gasteiger partial charge in [0.05, 0.1) is 12.2 Å². The number of nitrogens with zero attached hydrogens (tertiary/aromatic N) is 3. The highest BCUT2D eigenvalue weighted by molar-refractivity contribution is 5.59. The van der Waals surface area contributed by atoms with E-state index < -0.39 is 17.3 Å². The number of alkyl halides is 3. The molecule has 0 bridgehead atoms. The molecule has 0 unspecified atom stereocenters. The van der Waals surface area contributed by atoms with Crippen LogP contribution in [-0.2, 0) is 12.7 Å². The number of benzene rings is 1. The second kappa shape index (κ2) is 5.95. The summed E-state index contributed by atoms with van der Waals surface area (Å²) < 4.78 is 45.2. The van der Waals surface area contributed by atoms with Gasteiger partial charge in [0, 0.05) is 11.6 Å². The Morgan fingerprint density at radius 3 is 2.46 bits per heavy atom. The van der Waals surface area contributed by atoms with E-state index in [1.54, 1.807) is 37.3 Å². The monoisotopic (exact) mass is 335 g/mol. The Labute approximate surface area is 134 Å². The lowest BCUT2D eigenvalue weighted by Gasteiger charge is -2.12. The Morgan fingerprint density at radius 2 is 1.88 bits per heavy atom. The molecule has 0 amide bonds. The molecule has 0 saturated carbocycles. The van der Waals surface area contributed by atoms with Crippen LogP contribution < -0.4 is 5.56 Å². The van der Waals surface area contributed by atoms with Crippen LogP contribution in [0.4, 0.5) is 13.2 Å². The molecular weight excluding hydrogens is 323 g/mol. The van der Waals surface area contributed by atoms with Gasteiger partial charge in [-0.25, -0.2) is 4.68 Å². The number of rotatable bonds is 3. The Balaban J connectivity index is 2.15. The molecule has 0 spiro atoms. The number of hydrogen-bond donors (Lipinski definition) is 0. The van der Waals surface area contributed by atoms with E-state index in [2.05, 4.69) is 10.3 Å². The smallest absolute Gasteiger partial charge is 0.361 e. The first kappa shape index (κ1) is 16.0. The van der Waals surface area contributed by atoms with Crippen LogP contribution in [0, 0.1) is 6.92 Å². The van der Waals surface area contributed by atoms with Gasteiger partial charge in [-0.3, -0.25) is 4.79 Å². The molecule has 0 saturated heterocycles. The molecule has 0 radical (unpaired) electrons. The van der Waals surface area contributed by atoms with Crippen LogP contribution in [-0.4, -0.2) is 14.9 Å². The van der Waals surface area contributed by atoms with Gasteiger partial charge in [0.15, 0.2) is 0 Å². The summed E-state index contributed by atoms with van der Waals surface area (Å²) in [6.45, 7) is 1.44. The van der Waals surface area contributed by atoms with Crippen LogP contribution >= 0.6 is 0 Å². The molecule has 3 rings (SSSR count). The van der Waals surface area contributed by atoms with Gasteiger partial charge in [-0.15, -0.1) is 0 Å². The molecule has 0 aliphatic heterocycles. The molecule has 124 valence electrons. The standard InChI is InChI=1S/C16H12F3N3O2/c1-10-7-12(21-24-10)9-22-15(23)13(16(17,18)19)8-14(20-22)11-5-3-2-4-6-11/h2-8H,9H2,1H3. The Kier molecular flexibility index (Phi) is 3.96. The van der Waals surface area contributed by atoms with Gasteiger partial charge >= 0.3 is 6.18 Å². The third kappa shape index (κ3) is 3.22. The van der Waals surface area contributed by atoms with Crippen molar-refractivity contribution >= 4 is 0 Å². The summed E-state index contributed by atoms with van der Waals surface area (Å²) in [5.41, 5.74) is -1.63. The van der Waals surface area contributed by atoms with Gasteiger partial charge in [0.25, 0.3) is 5.56 Å². The van der Waals surface area contributed by atoms with E-state index in [0.717, 1.165) is 10.7 Å². The molecule has 0 aliphatic carbocycles. The third-order valence-electron chi connectivity index (χ3n) is 3.34. The normalized spacial score (nSPS) is 11.7. The Hall–Kier alpha value is -2.90. The maximum atomic E-state index is 13.2. The zero-order chi connectivity index (χ0) is 17.3. The first-order valence-electron chi connectivity index (χ1n) is 7.01. The van der Waals surface area contributed by atoms with E-state index in [1.165, 1.54) is 6.07 Å². The number of hydrogen-bond acceptors (Lipinski definition) is 4. The number of aromatic nitrogens is 3. The predicted molar refractivity (Wildman–Crippen MR) is 79.3 cm³/mol. The summed E-state index contributed by atoms with van der Waals surface area (Å²) in [5.74, 6) is 0.494. The molecular formula is C16H12F3N3O2. The first-order valence-corrected chi connectivity index (χ1v) is 7.01. The minimum atomic E-state index is -4.77. The summed E-state index contributed by atoms with van der Waals surface area (Å²) >= 11 is 0. The second-order valence-electron chi connectivity index (χ2n) is 5.20. The van der Waals surface area contributed by atoms with Crippen LogP contribution in [0.2, 0.25) is 0 Å². The van der Waals surface area contributed by atoms with Crippen molar-refractivity contribution in [3.05, 3.63) is 69.8 Å². The van der Waals surface area contributed by atoms with Gasteiger partial charge in [-0.2, -0.15) is 18.3 Å². The lowest BCUT2D eigenvalue weighted by atomic mass is 10.1. The van der Waals surface area contributed by atoms with Crippen molar-refractivity contribution in [3.63, 3.8) is 0 Å². The van der Waals surface area contributed by atoms with Crippen LogP contribution in [0.15, 0.2) is 51.8 Å². The largest absolute Gasteiger partial charge is 0.421 e. The number of aryl methyl sites for hydroxylation is 1. The lowest BCUT2D eigenvalue weighted by molar-refractivity contribution is -0.139. The zero-order valence-corrected chi connectivity index (χ0v) is 12.5. The Bertz CT molecular complexity index is 914. The van der Waals surface area contributed by atoms with Gasteiger partial charge in [0.1, 0.15) is 17.0 Å². The quantitative estimate of drug-likeness (QED) is 0.737. The third-order valence-corrected chi connectivity index (χ3v) is 3.34. The van der Waals surface area contributed by atoms with Crippen LogP contribution in [0.25, 0.3) is 11.3 Å². The van der Waals surface area contributed by atoms with Crippen LogP contribution in [0.1, 0.15) is 17.0 Å². The molecule has 3 aromatic rings. The van der Waals surface area contributed by atoms with Gasteiger partial charge in [0.2, 0.25) is 0 Å². The minimum absolute atomic E-state index is 0.0581. The maximum absolute atomic E-state index is 13.2. The minimum Gasteiger partial charge on any atom is -0.361 e. The van der Waals surface area contributed by atoms with Crippen molar-refractivity contribution in [3.8, 4) is 11.3 Å². The highest BCUT2D eigenvalue weighted by Crippen LogP contribution is 2.28. The SMILES string of the molecule is Cc1cc(Cn2nc(-c3ccccc3)cc(C(F)(F)F)c2=O)no1. The predicted octanol–water partition coefficient (Wildman–Crippen LogP) is 3.27. The second-order valence-corrected chi connectivity index (χ2v) is 5.20. The van der Waals surface area contributed by atoms with Crippen molar-refractivity contribution in [1.82, 2.24) is 14.9 Å². The van der Waals surface area contributed by atoms with Crippen molar-refractivity contribution in [2.45, 2.75) is 19.6 Å². The van der Waals surface area contributed by atoms with Crippen molar-refractivity contribution in [1.29, 1.82) is 0 Å². The van der Waals surface area contributed by atoms with Crippen LogP contribution in [0.5, 0.6) is 0 Å². The molecule has 0 fully saturated rings. The van der Waals surface area contributed by atoms with E-state index in [9.17, 15) is 18.0 Å². The van der Waals surface area contributed by atoms with Gasteiger partial charge in [-0.05, 0) is 13.0 Å². The Morgan fingerprint density at radius 1 is 1.17 bits per heavy atom. The van der Waals surface area contributed by atoms with Gasteiger partial charge in [-0.1, -0.05) is 35.5 Å². The van der Waals surface area contributed by atoms with E-state index in [4.69, 9.17) is 4.52 Å². The fraction of sp³-hybridized carbons (Fsp3) is 0.188. The highest BCUT2D eigenvalue weighted by Gasteiger charge is 2.35. The first-order chi connectivity index (χ1) is 11.3. The fourth-order valence-corrected chi connectivity index (χ4v) is 2.25. The van der Waals surface area contributed by atoms with Crippen molar-refractivity contribution < 1.29 is 17.7 Å². The maximum Gasteiger partial charge on any atom is 0.421 e. The zero-order valence-electron chi connectivity index (χ0n) is 12.5. The summed E-state index contributed by atoms with van der Waals surface area (Å²) in [7, 11) is 0. The molecule has 0 aliphatic rings. The summed E-state index contributed by atoms with van der Waals surface area (Å²) in [4.78, 5) is 12.1. The highest BCUT2D eigenvalue weighted by atomic mass is 19.4. The fourth-order valence-electron chi connectivity index (χ4n) is 2.25. The van der Waals surface area contributed by atoms with Crippen molar-refractivity contribution in [2.75, 3.05) is 0 Å². The van der Waals surface area contributed by atoms with E-state index in [-0.39, 0.29) is 12.2 Å². The molecule has 1 aromatic carbocycles. The topological polar surface area (TPSA) is 60.9 Å². The summed E-state index contributed by atoms with van der Waals surface area (Å²) in [6.07, 6.45) is -4.77. The molecule has 2 heterocycles. The van der Waals surface area contributed by atoms with E-state index >= 15 is 0 Å². The molecule has 5 nitrogen and oxygen atoms in total. The lowest BCUT2D eigenvalue weighted by Crippen LogP contribution is -2.31. The van der Waals surface area contributed by atoms with Gasteiger partial charge < -0.3 is 4.52 Å². The molecule has 0 atom stereocenters. The molecule has 24 heavy (non-hydrogen) atoms. The average Bonchev–Trinajstić information content (AvgIpc) is 2.94. The average molecular weight is 335 g/mol. The van der Waals surface area contributed by atoms with E-state index in [0.29, 0.717) is 17.0 Å². The van der Waals surface area contributed by atoms with E-state index in [1.807, 2.05) is 0 Å². The number of halogens is 3. The van der Waals surface area contributed by atoms with Crippen molar-refractivity contribution in [2.24, 2.45) is 0 Å².